The first-order valence-corrected chi connectivity index (χ1v) is 5.75. The van der Waals surface area contributed by atoms with E-state index in [1.165, 1.54) is 6.92 Å². The predicted molar refractivity (Wildman–Crippen MR) is 69.4 cm³/mol. The van der Waals surface area contributed by atoms with Crippen LogP contribution < -0.4 is 5.32 Å². The number of rotatable bonds is 5. The van der Waals surface area contributed by atoms with Gasteiger partial charge in [-0.25, -0.2) is 0 Å². The average molecular weight is 233 g/mol. The number of amides is 1. The van der Waals surface area contributed by atoms with Gasteiger partial charge in [0.1, 0.15) is 0 Å². The zero-order chi connectivity index (χ0) is 12.7. The highest BCUT2D eigenvalue weighted by atomic mass is 16.3. The van der Waals surface area contributed by atoms with Crippen molar-refractivity contribution in [3.8, 4) is 0 Å². The Morgan fingerprint density at radius 3 is 2.82 bits per heavy atom. The van der Waals surface area contributed by atoms with Crippen LogP contribution in [0.3, 0.4) is 0 Å². The number of hydrogen-bond donors (Lipinski definition) is 2. The second-order valence-electron chi connectivity index (χ2n) is 4.02. The minimum atomic E-state index is 0.00174. The molecule has 0 unspecified atom stereocenters. The Bertz CT molecular complexity index is 411. The number of aliphatic hydroxyl groups excluding tert-OH is 1. The highest BCUT2D eigenvalue weighted by Gasteiger charge is 1.96. The molecule has 3 heteroatoms. The molecule has 0 heterocycles. The predicted octanol–water partition coefficient (Wildman–Crippen LogP) is 2.03. The van der Waals surface area contributed by atoms with Crippen molar-refractivity contribution < 1.29 is 9.90 Å². The summed E-state index contributed by atoms with van der Waals surface area (Å²) in [5.41, 5.74) is 3.22. The lowest BCUT2D eigenvalue weighted by atomic mass is 10.0. The third-order valence-electron chi connectivity index (χ3n) is 2.50. The minimum Gasteiger partial charge on any atom is -0.392 e. The van der Waals surface area contributed by atoms with Gasteiger partial charge in [-0.15, -0.1) is 0 Å². The number of hydrogen-bond acceptors (Lipinski definition) is 2. The van der Waals surface area contributed by atoms with Crippen molar-refractivity contribution in [3.05, 3.63) is 41.0 Å². The maximum absolute atomic E-state index is 10.6. The summed E-state index contributed by atoms with van der Waals surface area (Å²) in [5, 5.41) is 11.7. The van der Waals surface area contributed by atoms with Crippen molar-refractivity contribution in [2.45, 2.75) is 26.9 Å². The van der Waals surface area contributed by atoms with Gasteiger partial charge in [-0.3, -0.25) is 4.79 Å². The second kappa shape index (κ2) is 6.86. The molecule has 0 aliphatic heterocycles. The summed E-state index contributed by atoms with van der Waals surface area (Å²) in [6.07, 6.45) is 4.90. The molecule has 17 heavy (non-hydrogen) atoms. The third-order valence-corrected chi connectivity index (χ3v) is 2.50. The molecule has 1 rings (SSSR count). The Labute approximate surface area is 102 Å². The first kappa shape index (κ1) is 13.5. The molecule has 3 nitrogen and oxygen atoms in total. The first-order chi connectivity index (χ1) is 8.13. The molecule has 1 aromatic rings. The molecule has 0 spiro atoms. The van der Waals surface area contributed by atoms with Gasteiger partial charge in [-0.2, -0.15) is 0 Å². The van der Waals surface area contributed by atoms with Gasteiger partial charge in [0.15, 0.2) is 0 Å². The van der Waals surface area contributed by atoms with Crippen LogP contribution in [0, 0.1) is 6.92 Å². The van der Waals surface area contributed by atoms with Crippen LogP contribution in [-0.4, -0.2) is 17.6 Å². The molecule has 0 saturated carbocycles. The van der Waals surface area contributed by atoms with Gasteiger partial charge >= 0.3 is 0 Å². The van der Waals surface area contributed by atoms with E-state index < -0.39 is 0 Å². The number of benzene rings is 1. The second-order valence-corrected chi connectivity index (χ2v) is 4.02. The summed E-state index contributed by atoms with van der Waals surface area (Å²) < 4.78 is 0. The molecule has 0 bridgehead atoms. The van der Waals surface area contributed by atoms with E-state index in [-0.39, 0.29) is 12.5 Å². The molecule has 0 aliphatic rings. The first-order valence-electron chi connectivity index (χ1n) is 5.75. The van der Waals surface area contributed by atoms with Crippen LogP contribution in [0.5, 0.6) is 0 Å². The summed E-state index contributed by atoms with van der Waals surface area (Å²) >= 11 is 0. The average Bonchev–Trinajstić information content (AvgIpc) is 2.30. The Hall–Kier alpha value is -1.61. The summed E-state index contributed by atoms with van der Waals surface area (Å²) in [6, 6.07) is 5.89. The Kier molecular flexibility index (Phi) is 5.43. The van der Waals surface area contributed by atoms with E-state index in [4.69, 9.17) is 5.11 Å². The number of nitrogens with one attached hydrogen (secondary N) is 1. The molecule has 1 amide bonds. The molecule has 0 aromatic heterocycles. The minimum absolute atomic E-state index is 0.00174. The quantitative estimate of drug-likeness (QED) is 0.764. The molecule has 1 aromatic carbocycles. The monoisotopic (exact) mass is 233 g/mol. The van der Waals surface area contributed by atoms with Crippen LogP contribution >= 0.6 is 0 Å². The number of carbonyl (C=O) groups is 1. The molecule has 0 fully saturated rings. The largest absolute Gasteiger partial charge is 0.392 e. The van der Waals surface area contributed by atoms with Crippen LogP contribution in [0.2, 0.25) is 0 Å². The normalized spacial score (nSPS) is 10.8. The van der Waals surface area contributed by atoms with Gasteiger partial charge in [0.2, 0.25) is 5.91 Å². The maximum Gasteiger partial charge on any atom is 0.216 e. The standard InChI is InChI=1S/C14H19NO2/c1-11-9-13(10-16)6-7-14(11)5-3-4-8-15-12(2)17/h3,5-7,9,16H,4,8,10H2,1-2H3,(H,15,17). The zero-order valence-electron chi connectivity index (χ0n) is 10.4. The van der Waals surface area contributed by atoms with Crippen LogP contribution in [0.25, 0.3) is 6.08 Å². The number of aliphatic hydroxyl groups is 1. The van der Waals surface area contributed by atoms with Crippen LogP contribution in [0.15, 0.2) is 24.3 Å². The number of aryl methyl sites for hydroxylation is 1. The van der Waals surface area contributed by atoms with Crippen molar-refractivity contribution in [1.82, 2.24) is 5.32 Å². The van der Waals surface area contributed by atoms with Crippen molar-refractivity contribution in [3.63, 3.8) is 0 Å². The van der Waals surface area contributed by atoms with Gasteiger partial charge < -0.3 is 10.4 Å². The summed E-state index contributed by atoms with van der Waals surface area (Å²) in [5.74, 6) is 0.00174. The fourth-order valence-electron chi connectivity index (χ4n) is 1.56. The SMILES string of the molecule is CC(=O)NCCC=Cc1ccc(CO)cc1C. The smallest absolute Gasteiger partial charge is 0.216 e. The Balaban J connectivity index is 2.50. The van der Waals surface area contributed by atoms with Crippen molar-refractivity contribution in [2.75, 3.05) is 6.54 Å². The molecular weight excluding hydrogens is 214 g/mol. The lowest BCUT2D eigenvalue weighted by Gasteiger charge is -2.03. The van der Waals surface area contributed by atoms with E-state index in [1.54, 1.807) is 0 Å². The van der Waals surface area contributed by atoms with Gasteiger partial charge in [0.25, 0.3) is 0 Å². The van der Waals surface area contributed by atoms with Crippen LogP contribution in [0.4, 0.5) is 0 Å². The molecule has 0 atom stereocenters. The van der Waals surface area contributed by atoms with Crippen molar-refractivity contribution in [1.29, 1.82) is 0 Å². The van der Waals surface area contributed by atoms with E-state index in [2.05, 4.69) is 5.32 Å². The Morgan fingerprint density at radius 2 is 2.24 bits per heavy atom. The van der Waals surface area contributed by atoms with Gasteiger partial charge in [0, 0.05) is 13.5 Å². The zero-order valence-corrected chi connectivity index (χ0v) is 10.4. The highest BCUT2D eigenvalue weighted by Crippen LogP contribution is 2.13. The molecular formula is C14H19NO2. The summed E-state index contributed by atoms with van der Waals surface area (Å²) in [7, 11) is 0. The van der Waals surface area contributed by atoms with Gasteiger partial charge in [-0.05, 0) is 30.0 Å². The van der Waals surface area contributed by atoms with Crippen LogP contribution in [-0.2, 0) is 11.4 Å². The van der Waals surface area contributed by atoms with E-state index in [9.17, 15) is 4.79 Å². The van der Waals surface area contributed by atoms with Crippen molar-refractivity contribution in [2.24, 2.45) is 0 Å². The molecule has 2 N–H and O–H groups in total. The molecule has 0 aliphatic carbocycles. The topological polar surface area (TPSA) is 49.3 Å². The summed E-state index contributed by atoms with van der Waals surface area (Å²) in [6.45, 7) is 4.28. The Morgan fingerprint density at radius 1 is 1.47 bits per heavy atom. The maximum atomic E-state index is 10.6. The van der Waals surface area contributed by atoms with E-state index in [0.717, 1.165) is 23.1 Å². The number of carbonyl (C=O) groups excluding carboxylic acids is 1. The van der Waals surface area contributed by atoms with Gasteiger partial charge in [0.05, 0.1) is 6.61 Å². The van der Waals surface area contributed by atoms with Gasteiger partial charge in [-0.1, -0.05) is 30.4 Å². The molecule has 0 radical (unpaired) electrons. The molecule has 0 saturated heterocycles. The van der Waals surface area contributed by atoms with Crippen LogP contribution in [0.1, 0.15) is 30.0 Å². The highest BCUT2D eigenvalue weighted by molar-refractivity contribution is 5.72. The lowest BCUT2D eigenvalue weighted by Crippen LogP contribution is -2.20. The summed E-state index contributed by atoms with van der Waals surface area (Å²) in [4.78, 5) is 10.6. The van der Waals surface area contributed by atoms with Crippen molar-refractivity contribution >= 4 is 12.0 Å². The lowest BCUT2D eigenvalue weighted by molar-refractivity contribution is -0.118. The third kappa shape index (κ3) is 4.83. The van der Waals surface area contributed by atoms with E-state index in [1.807, 2.05) is 37.3 Å². The fourth-order valence-corrected chi connectivity index (χ4v) is 1.56. The molecule has 92 valence electrons. The van der Waals surface area contributed by atoms with E-state index >= 15 is 0 Å². The van der Waals surface area contributed by atoms with E-state index in [0.29, 0.717) is 6.54 Å². The fraction of sp³-hybridized carbons (Fsp3) is 0.357.